The zero-order valence-corrected chi connectivity index (χ0v) is 18.9. The number of amides is 2. The number of hydrogen-bond acceptors (Lipinski definition) is 6. The molecule has 0 spiro atoms. The maximum atomic E-state index is 11.6. The van der Waals surface area contributed by atoms with E-state index in [0.717, 1.165) is 47.0 Å². The summed E-state index contributed by atoms with van der Waals surface area (Å²) in [5, 5.41) is 10.6. The molecule has 10 nitrogen and oxygen atoms in total. The molecule has 2 amide bonds. The van der Waals surface area contributed by atoms with E-state index in [1.165, 1.54) is 5.56 Å². The van der Waals surface area contributed by atoms with E-state index in [2.05, 4.69) is 46.7 Å². The van der Waals surface area contributed by atoms with Gasteiger partial charge in [0, 0.05) is 44.0 Å². The molecule has 0 aliphatic carbocycles. The molecule has 1 atom stereocenters. The quantitative estimate of drug-likeness (QED) is 0.475. The van der Waals surface area contributed by atoms with Crippen molar-refractivity contribution in [3.8, 4) is 17.1 Å². The van der Waals surface area contributed by atoms with Crippen molar-refractivity contribution in [1.82, 2.24) is 34.9 Å². The fourth-order valence-corrected chi connectivity index (χ4v) is 4.56. The number of rotatable bonds is 5. The number of ether oxygens (including phenoxy) is 1. The fourth-order valence-electron chi connectivity index (χ4n) is 4.56. The summed E-state index contributed by atoms with van der Waals surface area (Å²) < 4.78 is 9.39. The Kier molecular flexibility index (Phi) is 5.14. The number of aromatic nitrogens is 5. The molecule has 2 aliphatic heterocycles. The third kappa shape index (κ3) is 3.86. The molecule has 0 unspecified atom stereocenters. The number of nitrogens with zero attached hydrogens (tertiary/aromatic N) is 6. The summed E-state index contributed by atoms with van der Waals surface area (Å²) in [6.45, 7) is 6.19. The monoisotopic (exact) mass is 458 g/mol. The molecule has 174 valence electrons. The lowest BCUT2D eigenvalue weighted by atomic mass is 10.1. The average Bonchev–Trinajstić information content (AvgIpc) is 3.60. The molecule has 4 aromatic rings. The van der Waals surface area contributed by atoms with Crippen LogP contribution in [0.5, 0.6) is 0 Å². The molecule has 0 saturated carbocycles. The summed E-state index contributed by atoms with van der Waals surface area (Å²) >= 11 is 0. The standard InChI is InChI=1S/C24H26N8O2/c1-16-3-2-4-17(11-16)19-5-6-32(29-19)21-12-20(30-7-9-34-10-8-30)22-23(28-21)31(15-26-22)14-18-13-25-24(33)27-18/h2-6,11-12,15,18H,7-10,13-14H2,1H3,(H2,25,27,33)/t18-/m1/s1. The van der Waals surface area contributed by atoms with Crippen molar-refractivity contribution >= 4 is 22.9 Å². The molecule has 0 radical (unpaired) electrons. The van der Waals surface area contributed by atoms with E-state index in [1.807, 2.05) is 27.6 Å². The average molecular weight is 459 g/mol. The van der Waals surface area contributed by atoms with E-state index in [-0.39, 0.29) is 12.1 Å². The molecule has 1 aromatic carbocycles. The Morgan fingerprint density at radius 3 is 2.85 bits per heavy atom. The molecule has 2 fully saturated rings. The van der Waals surface area contributed by atoms with Gasteiger partial charge in [0.15, 0.2) is 11.5 Å². The van der Waals surface area contributed by atoms with Crippen LogP contribution in [0.25, 0.3) is 28.2 Å². The first-order valence-corrected chi connectivity index (χ1v) is 11.5. The molecule has 3 aromatic heterocycles. The van der Waals surface area contributed by atoms with E-state index in [1.54, 1.807) is 6.33 Å². The molecule has 2 aliphatic rings. The van der Waals surface area contributed by atoms with Crippen LogP contribution in [-0.2, 0) is 11.3 Å². The van der Waals surface area contributed by atoms with Gasteiger partial charge in [0.2, 0.25) is 0 Å². The number of anilines is 1. The molecular formula is C24H26N8O2. The van der Waals surface area contributed by atoms with Crippen molar-refractivity contribution in [3.63, 3.8) is 0 Å². The van der Waals surface area contributed by atoms with Crippen LogP contribution < -0.4 is 15.5 Å². The minimum absolute atomic E-state index is 0.0141. The molecular weight excluding hydrogens is 432 g/mol. The van der Waals surface area contributed by atoms with E-state index in [9.17, 15) is 4.79 Å². The molecule has 2 saturated heterocycles. The van der Waals surface area contributed by atoms with Crippen LogP contribution in [0.3, 0.4) is 0 Å². The van der Waals surface area contributed by atoms with Gasteiger partial charge in [0.05, 0.1) is 37.0 Å². The number of urea groups is 1. The SMILES string of the molecule is Cc1cccc(-c2ccn(-c3cc(N4CCOCC4)c4ncn(C[C@H]5CNC(=O)N5)c4n3)n2)c1. The lowest BCUT2D eigenvalue weighted by molar-refractivity contribution is 0.123. The molecule has 2 N–H and O–H groups in total. The Balaban J connectivity index is 1.42. The molecule has 10 heteroatoms. The van der Waals surface area contributed by atoms with Crippen molar-refractivity contribution < 1.29 is 9.53 Å². The number of morpholine rings is 1. The Bertz CT molecular complexity index is 1350. The van der Waals surface area contributed by atoms with Crippen LogP contribution in [0.2, 0.25) is 0 Å². The topological polar surface area (TPSA) is 102 Å². The van der Waals surface area contributed by atoms with Crippen LogP contribution in [0.15, 0.2) is 48.9 Å². The summed E-state index contributed by atoms with van der Waals surface area (Å²) in [4.78, 5) is 23.5. The number of carbonyl (C=O) groups excluding carboxylic acids is 1. The number of hydrogen-bond donors (Lipinski definition) is 2. The van der Waals surface area contributed by atoms with E-state index in [4.69, 9.17) is 19.8 Å². The van der Waals surface area contributed by atoms with E-state index < -0.39 is 0 Å². The Morgan fingerprint density at radius 2 is 2.06 bits per heavy atom. The van der Waals surface area contributed by atoms with Crippen LogP contribution in [-0.4, -0.2) is 69.2 Å². The van der Waals surface area contributed by atoms with Gasteiger partial charge in [-0.3, -0.25) is 0 Å². The minimum atomic E-state index is -0.141. The Labute approximate surface area is 196 Å². The largest absolute Gasteiger partial charge is 0.378 e. The number of aryl methyl sites for hydroxylation is 1. The van der Waals surface area contributed by atoms with E-state index >= 15 is 0 Å². The Hall–Kier alpha value is -3.92. The molecule has 5 heterocycles. The third-order valence-electron chi connectivity index (χ3n) is 6.29. The normalized spacial score (nSPS) is 18.3. The number of imidazole rings is 1. The number of benzene rings is 1. The van der Waals surface area contributed by atoms with Crippen LogP contribution in [0.1, 0.15) is 5.56 Å². The molecule has 6 rings (SSSR count). The van der Waals surface area contributed by atoms with E-state index in [0.29, 0.717) is 26.3 Å². The zero-order valence-electron chi connectivity index (χ0n) is 18.9. The summed E-state index contributed by atoms with van der Waals surface area (Å²) in [6.07, 6.45) is 3.74. The third-order valence-corrected chi connectivity index (χ3v) is 6.29. The summed E-state index contributed by atoms with van der Waals surface area (Å²) in [7, 11) is 0. The maximum absolute atomic E-state index is 11.6. The highest BCUT2D eigenvalue weighted by Crippen LogP contribution is 2.29. The van der Waals surface area contributed by atoms with Gasteiger partial charge in [-0.25, -0.2) is 19.4 Å². The lowest BCUT2D eigenvalue weighted by Gasteiger charge is -2.29. The fraction of sp³-hybridized carbons (Fsp3) is 0.333. The maximum Gasteiger partial charge on any atom is 0.315 e. The predicted molar refractivity (Wildman–Crippen MR) is 128 cm³/mol. The number of fused-ring (bicyclic) bond motifs is 1. The predicted octanol–water partition coefficient (Wildman–Crippen LogP) is 2.11. The number of pyridine rings is 1. The highest BCUT2D eigenvalue weighted by atomic mass is 16.5. The molecule has 0 bridgehead atoms. The van der Waals surface area contributed by atoms with Crippen molar-refractivity contribution in [2.75, 3.05) is 37.7 Å². The second-order valence-corrected chi connectivity index (χ2v) is 8.73. The summed E-state index contributed by atoms with van der Waals surface area (Å²) in [5.74, 6) is 0.725. The van der Waals surface area contributed by atoms with Crippen LogP contribution in [0, 0.1) is 6.92 Å². The van der Waals surface area contributed by atoms with Gasteiger partial charge in [-0.15, -0.1) is 0 Å². The van der Waals surface area contributed by atoms with Crippen molar-refractivity contribution in [2.24, 2.45) is 0 Å². The lowest BCUT2D eigenvalue weighted by Crippen LogP contribution is -2.36. The first-order chi connectivity index (χ1) is 16.6. The number of nitrogens with one attached hydrogen (secondary N) is 2. The summed E-state index contributed by atoms with van der Waals surface area (Å²) in [6, 6.07) is 12.2. The zero-order chi connectivity index (χ0) is 23.1. The highest BCUT2D eigenvalue weighted by Gasteiger charge is 2.24. The van der Waals surface area contributed by atoms with Crippen molar-refractivity contribution in [2.45, 2.75) is 19.5 Å². The van der Waals surface area contributed by atoms with Crippen LogP contribution in [0.4, 0.5) is 10.5 Å². The van der Waals surface area contributed by atoms with Gasteiger partial charge < -0.3 is 24.8 Å². The first-order valence-electron chi connectivity index (χ1n) is 11.5. The van der Waals surface area contributed by atoms with Gasteiger partial charge in [-0.1, -0.05) is 23.8 Å². The number of carbonyl (C=O) groups is 1. The van der Waals surface area contributed by atoms with Crippen LogP contribution >= 0.6 is 0 Å². The minimum Gasteiger partial charge on any atom is -0.378 e. The Morgan fingerprint density at radius 1 is 1.18 bits per heavy atom. The second-order valence-electron chi connectivity index (χ2n) is 8.73. The van der Waals surface area contributed by atoms with Crippen molar-refractivity contribution in [1.29, 1.82) is 0 Å². The summed E-state index contributed by atoms with van der Waals surface area (Å²) in [5.41, 5.74) is 5.79. The molecule has 34 heavy (non-hydrogen) atoms. The smallest absolute Gasteiger partial charge is 0.315 e. The van der Waals surface area contributed by atoms with Crippen molar-refractivity contribution in [3.05, 3.63) is 54.5 Å². The first kappa shape index (κ1) is 20.7. The second kappa shape index (κ2) is 8.45. The van der Waals surface area contributed by atoms with Gasteiger partial charge in [-0.2, -0.15) is 5.10 Å². The van der Waals surface area contributed by atoms with Gasteiger partial charge in [0.1, 0.15) is 5.52 Å². The van der Waals surface area contributed by atoms with Gasteiger partial charge in [0.25, 0.3) is 0 Å². The highest BCUT2D eigenvalue weighted by molar-refractivity contribution is 5.88. The van der Waals surface area contributed by atoms with Gasteiger partial charge in [-0.05, 0) is 19.1 Å². The van der Waals surface area contributed by atoms with Gasteiger partial charge >= 0.3 is 6.03 Å².